The third-order valence-electron chi connectivity index (χ3n) is 2.78. The lowest BCUT2D eigenvalue weighted by atomic mass is 10.0. The quantitative estimate of drug-likeness (QED) is 0.780. The molecule has 0 bridgehead atoms. The summed E-state index contributed by atoms with van der Waals surface area (Å²) in [6.07, 6.45) is 5.92. The van der Waals surface area contributed by atoms with Gasteiger partial charge in [-0.15, -0.1) is 11.3 Å². The highest BCUT2D eigenvalue weighted by atomic mass is 79.9. The van der Waals surface area contributed by atoms with Crippen molar-refractivity contribution in [3.63, 3.8) is 0 Å². The van der Waals surface area contributed by atoms with E-state index in [1.54, 1.807) is 17.1 Å². The van der Waals surface area contributed by atoms with Crippen molar-refractivity contribution in [2.24, 2.45) is 5.92 Å². The van der Waals surface area contributed by atoms with Crippen LogP contribution < -0.4 is 5.32 Å². The molecule has 0 aliphatic heterocycles. The van der Waals surface area contributed by atoms with Crippen LogP contribution in [0.2, 0.25) is 0 Å². The third kappa shape index (κ3) is 4.82. The number of carbonyl (C=O) groups is 1. The van der Waals surface area contributed by atoms with Crippen LogP contribution in [0.25, 0.3) is 0 Å². The Morgan fingerprint density at radius 2 is 2.29 bits per heavy atom. The lowest BCUT2D eigenvalue weighted by molar-refractivity contribution is -0.138. The Labute approximate surface area is 135 Å². The van der Waals surface area contributed by atoms with Crippen LogP contribution in [0.15, 0.2) is 23.1 Å². The predicted octanol–water partition coefficient (Wildman–Crippen LogP) is 3.06. The summed E-state index contributed by atoms with van der Waals surface area (Å²) in [7, 11) is 0. The van der Waals surface area contributed by atoms with E-state index < -0.39 is 12.0 Å². The zero-order chi connectivity index (χ0) is 15.4. The van der Waals surface area contributed by atoms with Gasteiger partial charge in [0.1, 0.15) is 6.04 Å². The van der Waals surface area contributed by atoms with Gasteiger partial charge < -0.3 is 10.4 Å². The van der Waals surface area contributed by atoms with Crippen LogP contribution in [0.5, 0.6) is 0 Å². The molecule has 0 saturated heterocycles. The topological polar surface area (TPSA) is 80.0 Å². The number of anilines is 1. The van der Waals surface area contributed by atoms with E-state index in [2.05, 4.69) is 31.3 Å². The van der Waals surface area contributed by atoms with Gasteiger partial charge in [-0.05, 0) is 28.3 Å². The number of hydrogen-bond acceptors (Lipinski definition) is 5. The lowest BCUT2D eigenvalue weighted by Crippen LogP contribution is -2.30. The zero-order valence-electron chi connectivity index (χ0n) is 11.8. The number of rotatable bonds is 7. The molecule has 0 spiro atoms. The molecular formula is C13H17BrN4O2S. The summed E-state index contributed by atoms with van der Waals surface area (Å²) >= 11 is 4.80. The van der Waals surface area contributed by atoms with Crippen molar-refractivity contribution in [1.29, 1.82) is 0 Å². The molecule has 0 aliphatic rings. The van der Waals surface area contributed by atoms with Gasteiger partial charge in [0, 0.05) is 17.3 Å². The summed E-state index contributed by atoms with van der Waals surface area (Å²) in [6.45, 7) is 4.62. The second-order valence-electron chi connectivity index (χ2n) is 5.15. The average molecular weight is 373 g/mol. The normalized spacial score (nSPS) is 12.6. The smallest absolute Gasteiger partial charge is 0.326 e. The summed E-state index contributed by atoms with van der Waals surface area (Å²) in [6, 6.07) is -0.608. The van der Waals surface area contributed by atoms with E-state index in [-0.39, 0.29) is 0 Å². The molecule has 8 heteroatoms. The minimum Gasteiger partial charge on any atom is -0.480 e. The van der Waals surface area contributed by atoms with Crippen molar-refractivity contribution < 1.29 is 9.90 Å². The minimum absolute atomic E-state index is 0.305. The van der Waals surface area contributed by atoms with Crippen LogP contribution >= 0.6 is 27.3 Å². The fraction of sp³-hybridized carbons (Fsp3) is 0.462. The van der Waals surface area contributed by atoms with Crippen LogP contribution in [0.1, 0.15) is 25.1 Å². The van der Waals surface area contributed by atoms with Gasteiger partial charge in [-0.25, -0.2) is 9.78 Å². The van der Waals surface area contributed by atoms with Gasteiger partial charge in [-0.2, -0.15) is 5.10 Å². The molecule has 2 N–H and O–H groups in total. The number of carboxylic acids is 1. The average Bonchev–Trinajstić information content (AvgIpc) is 2.98. The molecule has 0 amide bonds. The van der Waals surface area contributed by atoms with E-state index >= 15 is 0 Å². The molecule has 0 unspecified atom stereocenters. The summed E-state index contributed by atoms with van der Waals surface area (Å²) < 4.78 is 2.72. The van der Waals surface area contributed by atoms with E-state index in [9.17, 15) is 9.90 Å². The number of halogens is 1. The number of nitrogens with zero attached hydrogens (tertiary/aromatic N) is 3. The van der Waals surface area contributed by atoms with E-state index in [1.807, 2.05) is 20.0 Å². The second-order valence-corrected chi connectivity index (χ2v) is 7.18. The SMILES string of the molecule is CC(C)C[C@@H](Nc1ncc(Cn2cc(Br)cn2)s1)C(=O)O. The minimum atomic E-state index is -0.851. The van der Waals surface area contributed by atoms with Crippen molar-refractivity contribution >= 4 is 38.4 Å². The molecule has 0 aliphatic carbocycles. The summed E-state index contributed by atoms with van der Waals surface area (Å²) in [5, 5.41) is 17.0. The first-order valence-corrected chi connectivity index (χ1v) is 8.17. The van der Waals surface area contributed by atoms with Crippen LogP contribution in [0, 0.1) is 5.92 Å². The number of aromatic nitrogens is 3. The molecule has 1 atom stereocenters. The highest BCUT2D eigenvalue weighted by Crippen LogP contribution is 2.21. The van der Waals surface area contributed by atoms with E-state index in [0.717, 1.165) is 9.35 Å². The summed E-state index contributed by atoms with van der Waals surface area (Å²) in [4.78, 5) is 16.5. The van der Waals surface area contributed by atoms with E-state index in [4.69, 9.17) is 0 Å². The molecule has 114 valence electrons. The number of hydrogen-bond donors (Lipinski definition) is 2. The standard InChI is InChI=1S/C13H17BrN4O2S/c1-8(2)3-11(12(19)20)17-13-15-5-10(21-13)7-18-6-9(14)4-16-18/h4-6,8,11H,3,7H2,1-2H3,(H,15,17)(H,19,20)/t11-/m1/s1. The van der Waals surface area contributed by atoms with Gasteiger partial charge in [0.15, 0.2) is 5.13 Å². The van der Waals surface area contributed by atoms with E-state index in [0.29, 0.717) is 24.0 Å². The Balaban J connectivity index is 2.00. The maximum absolute atomic E-state index is 11.2. The van der Waals surface area contributed by atoms with E-state index in [1.165, 1.54) is 11.3 Å². The van der Waals surface area contributed by atoms with Crippen molar-refractivity contribution in [3.8, 4) is 0 Å². The first kappa shape index (κ1) is 16.0. The van der Waals surface area contributed by atoms with Crippen molar-refractivity contribution in [2.75, 3.05) is 5.32 Å². The Morgan fingerprint density at radius 1 is 1.52 bits per heavy atom. The van der Waals surface area contributed by atoms with Crippen molar-refractivity contribution in [2.45, 2.75) is 32.9 Å². The number of thiazole rings is 1. The molecule has 0 fully saturated rings. The van der Waals surface area contributed by atoms with Gasteiger partial charge in [0.05, 0.1) is 17.2 Å². The maximum Gasteiger partial charge on any atom is 0.326 e. The highest BCUT2D eigenvalue weighted by molar-refractivity contribution is 9.10. The van der Waals surface area contributed by atoms with Crippen molar-refractivity contribution in [1.82, 2.24) is 14.8 Å². The number of carboxylic acid groups (broad SMARTS) is 1. The largest absolute Gasteiger partial charge is 0.480 e. The monoisotopic (exact) mass is 372 g/mol. The molecule has 21 heavy (non-hydrogen) atoms. The molecule has 2 heterocycles. The molecule has 0 aromatic carbocycles. The zero-order valence-corrected chi connectivity index (χ0v) is 14.2. The van der Waals surface area contributed by atoms with Gasteiger partial charge in [0.2, 0.25) is 0 Å². The first-order valence-electron chi connectivity index (χ1n) is 6.56. The first-order chi connectivity index (χ1) is 9.94. The second kappa shape index (κ2) is 7.04. The number of aliphatic carboxylic acids is 1. The predicted molar refractivity (Wildman–Crippen MR) is 85.6 cm³/mol. The number of nitrogens with one attached hydrogen (secondary N) is 1. The van der Waals surface area contributed by atoms with Crippen LogP contribution in [0.4, 0.5) is 5.13 Å². The highest BCUT2D eigenvalue weighted by Gasteiger charge is 2.19. The Hall–Kier alpha value is -1.41. The molecular weight excluding hydrogens is 356 g/mol. The molecule has 2 aromatic rings. The van der Waals surface area contributed by atoms with Gasteiger partial charge in [-0.3, -0.25) is 4.68 Å². The van der Waals surface area contributed by atoms with Crippen LogP contribution in [0.3, 0.4) is 0 Å². The maximum atomic E-state index is 11.2. The summed E-state index contributed by atoms with van der Waals surface area (Å²) in [5.41, 5.74) is 0. The van der Waals surface area contributed by atoms with Crippen molar-refractivity contribution in [3.05, 3.63) is 27.9 Å². The molecule has 2 aromatic heterocycles. The fourth-order valence-electron chi connectivity index (χ4n) is 1.87. The Bertz CT molecular complexity index is 611. The molecule has 0 radical (unpaired) electrons. The fourth-order valence-corrected chi connectivity index (χ4v) is 3.06. The molecule has 0 saturated carbocycles. The lowest BCUT2D eigenvalue weighted by Gasteiger charge is -2.15. The molecule has 2 rings (SSSR count). The Kier molecular flexibility index (Phi) is 5.35. The molecule has 6 nitrogen and oxygen atoms in total. The van der Waals surface area contributed by atoms with Gasteiger partial charge in [-0.1, -0.05) is 13.8 Å². The van der Waals surface area contributed by atoms with Crippen LogP contribution in [-0.4, -0.2) is 31.9 Å². The third-order valence-corrected chi connectivity index (χ3v) is 4.10. The van der Waals surface area contributed by atoms with Gasteiger partial charge >= 0.3 is 5.97 Å². The van der Waals surface area contributed by atoms with Crippen LogP contribution in [-0.2, 0) is 11.3 Å². The van der Waals surface area contributed by atoms with Gasteiger partial charge in [0.25, 0.3) is 0 Å². The summed E-state index contributed by atoms with van der Waals surface area (Å²) in [5.74, 6) is -0.545. The Morgan fingerprint density at radius 3 is 2.86 bits per heavy atom.